The summed E-state index contributed by atoms with van der Waals surface area (Å²) in [6, 6.07) is 5.26. The number of aliphatic hydroxyl groups excluding tert-OH is 2. The molecule has 0 saturated carbocycles. The molecule has 0 bridgehead atoms. The number of hydrogen-bond donors (Lipinski definition) is 4. The van der Waals surface area contributed by atoms with Crippen molar-refractivity contribution < 1.29 is 19.7 Å². The number of rotatable bonds is 4. The zero-order valence-corrected chi connectivity index (χ0v) is 9.85. The molecular formula is C12H16N2O4. The third-order valence-corrected chi connectivity index (χ3v) is 2.63. The van der Waals surface area contributed by atoms with Gasteiger partial charge in [-0.2, -0.15) is 0 Å². The molecule has 98 valence electrons. The predicted molar refractivity (Wildman–Crippen MR) is 65.9 cm³/mol. The molecule has 0 fully saturated rings. The van der Waals surface area contributed by atoms with Crippen LogP contribution in [0.3, 0.4) is 0 Å². The van der Waals surface area contributed by atoms with Crippen LogP contribution in [0.1, 0.15) is 10.4 Å². The molecule has 2 rings (SSSR count). The molecule has 1 heterocycles. The van der Waals surface area contributed by atoms with Crippen LogP contribution in [-0.2, 0) is 0 Å². The van der Waals surface area contributed by atoms with Gasteiger partial charge in [0.15, 0.2) is 5.75 Å². The van der Waals surface area contributed by atoms with E-state index in [0.29, 0.717) is 24.5 Å². The highest BCUT2D eigenvalue weighted by Crippen LogP contribution is 2.30. The van der Waals surface area contributed by atoms with E-state index < -0.39 is 6.10 Å². The van der Waals surface area contributed by atoms with Crippen molar-refractivity contribution in [2.75, 3.05) is 31.6 Å². The lowest BCUT2D eigenvalue weighted by Gasteiger charge is -2.21. The smallest absolute Gasteiger partial charge is 0.255 e. The number of hydrogen-bond acceptors (Lipinski definition) is 5. The molecule has 1 aliphatic rings. The Morgan fingerprint density at radius 1 is 1.56 bits per heavy atom. The molecule has 18 heavy (non-hydrogen) atoms. The third kappa shape index (κ3) is 2.72. The highest BCUT2D eigenvalue weighted by Gasteiger charge is 2.19. The molecule has 1 amide bonds. The van der Waals surface area contributed by atoms with E-state index in [1.165, 1.54) is 0 Å². The fraction of sp³-hybridized carbons (Fsp3) is 0.417. The highest BCUT2D eigenvalue weighted by atomic mass is 16.5. The summed E-state index contributed by atoms with van der Waals surface area (Å²) >= 11 is 0. The molecular weight excluding hydrogens is 236 g/mol. The van der Waals surface area contributed by atoms with Crippen LogP contribution in [-0.4, -0.2) is 48.5 Å². The summed E-state index contributed by atoms with van der Waals surface area (Å²) in [6.45, 7) is 0.843. The Hall–Kier alpha value is -1.79. The van der Waals surface area contributed by atoms with Crippen molar-refractivity contribution in [3.63, 3.8) is 0 Å². The minimum absolute atomic E-state index is 0.00638. The highest BCUT2D eigenvalue weighted by molar-refractivity contribution is 5.99. The minimum Gasteiger partial charge on any atom is -0.489 e. The second kappa shape index (κ2) is 5.70. The van der Waals surface area contributed by atoms with E-state index in [2.05, 4.69) is 10.6 Å². The number of para-hydroxylation sites is 1. The lowest BCUT2D eigenvalue weighted by molar-refractivity contribution is 0.0799. The standard InChI is InChI=1S/C12H16N2O4/c15-7-8(16)6-14-12(17)9-2-1-3-10-11(9)18-5-4-13-10/h1-3,8,13,15-16H,4-7H2,(H,14,17). The number of fused-ring (bicyclic) bond motifs is 1. The lowest BCUT2D eigenvalue weighted by atomic mass is 10.1. The van der Waals surface area contributed by atoms with Gasteiger partial charge >= 0.3 is 0 Å². The van der Waals surface area contributed by atoms with Crippen LogP contribution >= 0.6 is 0 Å². The van der Waals surface area contributed by atoms with Crippen molar-refractivity contribution in [2.24, 2.45) is 0 Å². The predicted octanol–water partition coefficient (Wildman–Crippen LogP) is -0.426. The lowest BCUT2D eigenvalue weighted by Crippen LogP contribution is -2.34. The van der Waals surface area contributed by atoms with Crippen molar-refractivity contribution in [3.8, 4) is 5.75 Å². The van der Waals surface area contributed by atoms with Gasteiger partial charge in [-0.15, -0.1) is 0 Å². The van der Waals surface area contributed by atoms with Gasteiger partial charge in [-0.3, -0.25) is 4.79 Å². The number of ether oxygens (including phenoxy) is 1. The van der Waals surface area contributed by atoms with Gasteiger partial charge in [-0.05, 0) is 12.1 Å². The van der Waals surface area contributed by atoms with E-state index in [9.17, 15) is 9.90 Å². The maximum absolute atomic E-state index is 11.9. The molecule has 6 heteroatoms. The Labute approximate surface area is 105 Å². The Morgan fingerprint density at radius 2 is 2.39 bits per heavy atom. The fourth-order valence-electron chi connectivity index (χ4n) is 1.72. The number of aliphatic hydroxyl groups is 2. The normalized spacial score (nSPS) is 15.0. The molecule has 1 atom stereocenters. The molecule has 6 nitrogen and oxygen atoms in total. The molecule has 0 saturated heterocycles. The summed E-state index contributed by atoms with van der Waals surface area (Å²) in [5.41, 5.74) is 1.21. The van der Waals surface area contributed by atoms with E-state index in [1.54, 1.807) is 12.1 Å². The van der Waals surface area contributed by atoms with E-state index in [-0.39, 0.29) is 19.1 Å². The summed E-state index contributed by atoms with van der Waals surface area (Å²) in [5, 5.41) is 23.5. The number of carbonyl (C=O) groups is 1. The van der Waals surface area contributed by atoms with Crippen LogP contribution in [0.15, 0.2) is 18.2 Å². The molecule has 0 aromatic heterocycles. The summed E-state index contributed by atoms with van der Waals surface area (Å²) in [6.07, 6.45) is -0.951. The van der Waals surface area contributed by atoms with E-state index in [4.69, 9.17) is 9.84 Å². The topological polar surface area (TPSA) is 90.8 Å². The van der Waals surface area contributed by atoms with Crippen molar-refractivity contribution in [2.45, 2.75) is 6.10 Å². The van der Waals surface area contributed by atoms with E-state index >= 15 is 0 Å². The second-order valence-electron chi connectivity index (χ2n) is 4.00. The number of anilines is 1. The van der Waals surface area contributed by atoms with E-state index in [1.807, 2.05) is 6.07 Å². The average Bonchev–Trinajstić information content (AvgIpc) is 2.43. The van der Waals surface area contributed by atoms with Gasteiger partial charge in [-0.25, -0.2) is 0 Å². The van der Waals surface area contributed by atoms with Gasteiger partial charge in [0.2, 0.25) is 0 Å². The summed E-state index contributed by atoms with van der Waals surface area (Å²) in [4.78, 5) is 11.9. The molecule has 1 aromatic carbocycles. The van der Waals surface area contributed by atoms with Crippen molar-refractivity contribution >= 4 is 11.6 Å². The maximum atomic E-state index is 11.9. The Morgan fingerprint density at radius 3 is 3.17 bits per heavy atom. The zero-order valence-electron chi connectivity index (χ0n) is 9.85. The van der Waals surface area contributed by atoms with Gasteiger partial charge in [0.05, 0.1) is 24.0 Å². The van der Waals surface area contributed by atoms with Crippen LogP contribution < -0.4 is 15.4 Å². The third-order valence-electron chi connectivity index (χ3n) is 2.63. The summed E-state index contributed by atoms with van der Waals surface area (Å²) in [5.74, 6) is 0.197. The SMILES string of the molecule is O=C(NCC(O)CO)c1cccc2c1OCCN2. The van der Waals surface area contributed by atoms with Gasteiger partial charge in [0, 0.05) is 13.1 Å². The Balaban J connectivity index is 2.10. The van der Waals surface area contributed by atoms with Crippen LogP contribution in [0.4, 0.5) is 5.69 Å². The van der Waals surface area contributed by atoms with Crippen molar-refractivity contribution in [1.82, 2.24) is 5.32 Å². The number of nitrogens with one attached hydrogen (secondary N) is 2. The molecule has 0 aliphatic carbocycles. The molecule has 4 N–H and O–H groups in total. The average molecular weight is 252 g/mol. The minimum atomic E-state index is -0.951. The van der Waals surface area contributed by atoms with Gasteiger partial charge in [0.25, 0.3) is 5.91 Å². The molecule has 0 spiro atoms. The summed E-state index contributed by atoms with van der Waals surface area (Å²) < 4.78 is 5.47. The van der Waals surface area contributed by atoms with Gasteiger partial charge < -0.3 is 25.6 Å². The first-order chi connectivity index (χ1) is 8.72. The van der Waals surface area contributed by atoms with Crippen LogP contribution in [0.25, 0.3) is 0 Å². The Bertz CT molecular complexity index is 436. The number of benzene rings is 1. The van der Waals surface area contributed by atoms with Crippen LogP contribution in [0, 0.1) is 0 Å². The van der Waals surface area contributed by atoms with Crippen LogP contribution in [0.5, 0.6) is 5.75 Å². The van der Waals surface area contributed by atoms with Gasteiger partial charge in [0.1, 0.15) is 6.61 Å². The second-order valence-corrected chi connectivity index (χ2v) is 4.00. The maximum Gasteiger partial charge on any atom is 0.255 e. The molecule has 1 aliphatic heterocycles. The van der Waals surface area contributed by atoms with Crippen molar-refractivity contribution in [1.29, 1.82) is 0 Å². The zero-order chi connectivity index (χ0) is 13.0. The largest absolute Gasteiger partial charge is 0.489 e. The first-order valence-electron chi connectivity index (χ1n) is 5.79. The number of amides is 1. The monoisotopic (exact) mass is 252 g/mol. The van der Waals surface area contributed by atoms with Crippen LogP contribution in [0.2, 0.25) is 0 Å². The molecule has 1 unspecified atom stereocenters. The fourth-order valence-corrected chi connectivity index (χ4v) is 1.72. The Kier molecular flexibility index (Phi) is 4.01. The molecule has 1 aromatic rings. The quantitative estimate of drug-likeness (QED) is 0.584. The van der Waals surface area contributed by atoms with E-state index in [0.717, 1.165) is 5.69 Å². The first kappa shape index (κ1) is 12.7. The molecule has 0 radical (unpaired) electrons. The van der Waals surface area contributed by atoms with Gasteiger partial charge in [-0.1, -0.05) is 6.07 Å². The first-order valence-corrected chi connectivity index (χ1v) is 5.79. The number of carbonyl (C=O) groups excluding carboxylic acids is 1. The summed E-state index contributed by atoms with van der Waals surface area (Å²) in [7, 11) is 0. The van der Waals surface area contributed by atoms with Crippen molar-refractivity contribution in [3.05, 3.63) is 23.8 Å².